The summed E-state index contributed by atoms with van der Waals surface area (Å²) in [5.41, 5.74) is 6.95. The molecule has 28 heteroatoms. The minimum Gasteiger partial charge on any atom is -0.493 e. The van der Waals surface area contributed by atoms with Crippen LogP contribution in [-0.2, 0) is 57.1 Å². The molecule has 0 radical (unpaired) electrons. The lowest BCUT2D eigenvalue weighted by atomic mass is 10.00. The molecule has 28 nitrogen and oxygen atoms in total. The monoisotopic (exact) mass is 1390 g/mol. The zero-order valence-corrected chi connectivity index (χ0v) is 56.3. The molecule has 4 aromatic carbocycles. The van der Waals surface area contributed by atoms with Gasteiger partial charge >= 0.3 is 18.4 Å². The molecule has 7 heterocycles. The van der Waals surface area contributed by atoms with Crippen molar-refractivity contribution in [1.82, 2.24) is 28.9 Å². The van der Waals surface area contributed by atoms with E-state index in [2.05, 4.69) is 42.8 Å². The van der Waals surface area contributed by atoms with E-state index in [1.807, 2.05) is 104 Å². The third-order valence-corrected chi connectivity index (χ3v) is 16.8. The fourth-order valence-corrected chi connectivity index (χ4v) is 11.9. The number of imidazole rings is 2. The van der Waals surface area contributed by atoms with Crippen LogP contribution in [-0.4, -0.2) is 153 Å². The van der Waals surface area contributed by atoms with Gasteiger partial charge in [0.05, 0.1) is 47.8 Å². The number of piperidine rings is 2. The van der Waals surface area contributed by atoms with E-state index in [9.17, 15) is 33.6 Å². The van der Waals surface area contributed by atoms with Crippen LogP contribution in [0.3, 0.4) is 0 Å². The lowest BCUT2D eigenvalue weighted by Gasteiger charge is -2.42. The summed E-state index contributed by atoms with van der Waals surface area (Å²) in [4.78, 5) is 143. The second-order valence-electron chi connectivity index (χ2n) is 24.2. The third kappa shape index (κ3) is 21.3. The first-order chi connectivity index (χ1) is 47.7. The van der Waals surface area contributed by atoms with Gasteiger partial charge in [0, 0.05) is 88.7 Å². The van der Waals surface area contributed by atoms with Gasteiger partial charge in [-0.05, 0) is 146 Å². The minimum absolute atomic E-state index is 0. The van der Waals surface area contributed by atoms with E-state index in [-0.39, 0.29) is 106 Å². The Labute approximate surface area is 587 Å². The molecule has 7 amide bonds. The van der Waals surface area contributed by atoms with Crippen molar-refractivity contribution in [2.75, 3.05) is 65.7 Å². The van der Waals surface area contributed by atoms with Crippen LogP contribution >= 0.6 is 0 Å². The number of carbonyl (C=O) groups is 7. The number of aryl methyl sites for hydroxylation is 6. The first-order valence-corrected chi connectivity index (χ1v) is 32.7. The fourth-order valence-electron chi connectivity index (χ4n) is 11.9. The van der Waals surface area contributed by atoms with Crippen LogP contribution in [0.25, 0.3) is 0 Å². The van der Waals surface area contributed by atoms with Gasteiger partial charge in [0.15, 0.2) is 24.2 Å². The van der Waals surface area contributed by atoms with Crippen molar-refractivity contribution in [1.29, 1.82) is 0 Å². The van der Waals surface area contributed by atoms with Gasteiger partial charge in [0.25, 0.3) is 23.6 Å². The number of benzene rings is 4. The smallest absolute Gasteiger partial charge is 0.416 e. The maximum absolute atomic E-state index is 14.1. The van der Waals surface area contributed by atoms with Gasteiger partial charge in [0.2, 0.25) is 23.5 Å². The van der Waals surface area contributed by atoms with Gasteiger partial charge in [-0.3, -0.25) is 33.8 Å². The van der Waals surface area contributed by atoms with Gasteiger partial charge in [0.1, 0.15) is 18.1 Å². The summed E-state index contributed by atoms with van der Waals surface area (Å²) in [7, 11) is 3.38. The topological polar surface area (TPSA) is 340 Å². The number of fused-ring (bicyclic) bond motifs is 4. The highest BCUT2D eigenvalue weighted by Crippen LogP contribution is 2.41. The number of nitrogens with zero attached hydrogens (tertiary/aromatic N) is 8. The van der Waals surface area contributed by atoms with Crippen LogP contribution in [0.15, 0.2) is 103 Å². The second kappa shape index (κ2) is 38.4. The summed E-state index contributed by atoms with van der Waals surface area (Å²) in [5.74, 6) is 0.581. The summed E-state index contributed by atoms with van der Waals surface area (Å²) in [5, 5.41) is 11.1. The molecular formula is C73H90N12O16. The molecule has 4 atom stereocenters. The Morgan fingerprint density at radius 1 is 0.634 bits per heavy atom. The van der Waals surface area contributed by atoms with E-state index in [1.54, 1.807) is 47.8 Å². The van der Waals surface area contributed by atoms with Crippen LogP contribution < -0.4 is 35.6 Å². The summed E-state index contributed by atoms with van der Waals surface area (Å²) in [6.07, 6.45) is 14.2. The highest BCUT2D eigenvalue weighted by molar-refractivity contribution is 6.07. The van der Waals surface area contributed by atoms with E-state index in [4.69, 9.17) is 42.9 Å². The molecule has 5 aliphatic heterocycles. The maximum Gasteiger partial charge on any atom is 0.416 e. The molecule has 101 heavy (non-hydrogen) atoms. The minimum atomic E-state index is -0.846. The molecule has 2 unspecified atom stereocenters. The molecule has 11 rings (SSSR count). The molecule has 0 bridgehead atoms. The lowest BCUT2D eigenvalue weighted by Crippen LogP contribution is -2.57. The summed E-state index contributed by atoms with van der Waals surface area (Å²) < 4.78 is 33.3. The Morgan fingerprint density at radius 2 is 1.13 bits per heavy atom. The average molecular weight is 1390 g/mol. The number of anilines is 5. The van der Waals surface area contributed by atoms with Crippen molar-refractivity contribution in [3.63, 3.8) is 0 Å². The molecule has 3 saturated heterocycles. The Hall–Kier alpha value is -10.9. The molecule has 0 saturated carbocycles. The summed E-state index contributed by atoms with van der Waals surface area (Å²) in [6.45, 7) is 13.7. The number of aromatic nitrogens is 4. The lowest BCUT2D eigenvalue weighted by molar-refractivity contribution is -0.198. The van der Waals surface area contributed by atoms with E-state index >= 15 is 0 Å². The van der Waals surface area contributed by atoms with Crippen LogP contribution in [0.2, 0.25) is 0 Å². The van der Waals surface area contributed by atoms with Crippen molar-refractivity contribution in [3.8, 4) is 11.5 Å². The highest BCUT2D eigenvalue weighted by atomic mass is 16.7. The standard InChI is InChI=1S/C39H48N6O8.C30H34N6O4.2CO2.2CH4/c1-5-19-52-39(49)45-30-23-31(26(3)22-28(30)37(48)44-18-8-6-11-29(44)38(45)53-34-13-7-9-20-51-34)50-21-10-12-33(46)41-32-24-43(4)35(42-32)36(47)40-27-16-14-25(2)15-17-27;1-19-9-11-21(12-10-19)32-29(38)28-34-26(18-35(28)3)33-27(37)8-6-14-40-25-16-24-23(15-20(25)2)30(39)36-13-5-4-7-22(36)17-31-24;2*2-1-3;;/h5,14-17,22-24,29,34,38H,1,6-13,18-21H2,2-4H3,(H,40,47)(H,41,46);9-12,15-18,22H,4-8,13-14H2,1-3H3,(H,32,38)(H,33,37);;;2*1H4/t29-,34?,38?;22-;;;;/m00..../s1. The molecular weight excluding hydrogens is 1300 g/mol. The van der Waals surface area contributed by atoms with Gasteiger partial charge in [-0.2, -0.15) is 19.2 Å². The fraction of sp³-hybridized carbons (Fsp3) is 0.425. The van der Waals surface area contributed by atoms with Crippen LogP contribution in [0.1, 0.15) is 163 Å². The molecule has 4 N–H and O–H groups in total. The molecule has 3 fully saturated rings. The SMILES string of the molecule is C.C.C=CCOC(=O)N1c2cc(OCCCC(=O)Nc3cn(C)c(C(=O)Nc4ccc(C)cc4)n3)c(C)cc2C(=O)N2CCCC[C@H]2C1OC1CCCCO1.Cc1ccc(NC(=O)c2nc(NC(=O)CCCOc3cc4c(cc3C)C(=O)N3CCCC[C@H]3C=N4)cn2C)cc1.O=C=O.O=C=O. The van der Waals surface area contributed by atoms with Gasteiger partial charge in [-0.15, -0.1) is 0 Å². The third-order valence-electron chi connectivity index (χ3n) is 16.8. The van der Waals surface area contributed by atoms with Crippen LogP contribution in [0.5, 0.6) is 11.5 Å². The zero-order chi connectivity index (χ0) is 71.1. The first kappa shape index (κ1) is 79.1. The number of hydrogen-bond acceptors (Lipinski definition) is 19. The highest BCUT2D eigenvalue weighted by Gasteiger charge is 2.47. The second-order valence-corrected chi connectivity index (χ2v) is 24.2. The number of carbonyl (C=O) groups excluding carboxylic acids is 11. The maximum atomic E-state index is 14.1. The molecule has 538 valence electrons. The van der Waals surface area contributed by atoms with Crippen molar-refractivity contribution in [2.45, 2.75) is 151 Å². The van der Waals surface area contributed by atoms with E-state index in [1.165, 1.54) is 11.0 Å². The first-order valence-electron chi connectivity index (χ1n) is 32.7. The Bertz CT molecular complexity index is 3970. The van der Waals surface area contributed by atoms with Crippen molar-refractivity contribution >= 4 is 94.4 Å². The van der Waals surface area contributed by atoms with Crippen molar-refractivity contribution in [2.24, 2.45) is 19.1 Å². The number of amides is 7. The number of nitrogens with one attached hydrogen (secondary N) is 4. The predicted octanol–water partition coefficient (Wildman–Crippen LogP) is 11.0. The van der Waals surface area contributed by atoms with Crippen LogP contribution in [0.4, 0.5) is 39.2 Å². The average Bonchev–Trinajstić information content (AvgIpc) is 1.63. The summed E-state index contributed by atoms with van der Waals surface area (Å²) in [6, 6.07) is 21.6. The molecule has 6 aromatic rings. The Balaban J connectivity index is 0.000000298. The zero-order valence-electron chi connectivity index (χ0n) is 56.3. The van der Waals surface area contributed by atoms with E-state index < -0.39 is 30.6 Å². The van der Waals surface area contributed by atoms with Gasteiger partial charge in [-0.1, -0.05) is 62.9 Å². The normalized spacial score (nSPS) is 16.9. The van der Waals surface area contributed by atoms with E-state index in [0.717, 1.165) is 68.2 Å². The molecule has 5 aliphatic rings. The number of aliphatic imine (C=N–C) groups is 1. The molecule has 0 spiro atoms. The molecule has 2 aromatic heterocycles. The number of hydrogen-bond donors (Lipinski definition) is 4. The number of rotatable bonds is 20. The predicted molar refractivity (Wildman–Crippen MR) is 375 cm³/mol. The Kier molecular flexibility index (Phi) is 30.1. The largest absolute Gasteiger partial charge is 0.493 e. The van der Waals surface area contributed by atoms with Gasteiger partial charge < -0.3 is 63.9 Å². The number of ether oxygens (including phenoxy) is 5. The van der Waals surface area contributed by atoms with Gasteiger partial charge in [-0.25, -0.2) is 19.7 Å². The Morgan fingerprint density at radius 3 is 1.65 bits per heavy atom. The van der Waals surface area contributed by atoms with Crippen molar-refractivity contribution in [3.05, 3.63) is 143 Å². The summed E-state index contributed by atoms with van der Waals surface area (Å²) >= 11 is 0. The van der Waals surface area contributed by atoms with E-state index in [0.29, 0.717) is 102 Å². The van der Waals surface area contributed by atoms with Crippen molar-refractivity contribution < 1.29 is 76.4 Å². The van der Waals surface area contributed by atoms with Crippen LogP contribution in [0, 0.1) is 27.7 Å². The quantitative estimate of drug-likeness (QED) is 0.0407. The molecule has 0 aliphatic carbocycles.